The number of aromatic carboxylic acids is 1. The number of hydrogen-bond donors (Lipinski definition) is 2. The van der Waals surface area contributed by atoms with E-state index < -0.39 is 23.3 Å². The molecule has 132 valence electrons. The zero-order valence-electron chi connectivity index (χ0n) is 13.8. The molecule has 2 N–H and O–H groups in total. The third kappa shape index (κ3) is 2.33. The smallest absolute Gasteiger partial charge is 0.341 e. The fraction of sp³-hybridized carbons (Fsp3) is 0.444. The van der Waals surface area contributed by atoms with E-state index in [0.717, 1.165) is 18.1 Å². The van der Waals surface area contributed by atoms with Crippen LogP contribution in [-0.4, -0.2) is 39.9 Å². The summed E-state index contributed by atoms with van der Waals surface area (Å²) >= 11 is 0. The molecule has 1 aromatic heterocycles. The topological polar surface area (TPSA) is 82.8 Å². The molecular weight excluding hydrogens is 327 g/mol. The van der Waals surface area contributed by atoms with Gasteiger partial charge in [-0.3, -0.25) is 4.79 Å². The maximum atomic E-state index is 14.9. The number of hydrogen-bond acceptors (Lipinski definition) is 4. The van der Waals surface area contributed by atoms with Crippen LogP contribution in [0.15, 0.2) is 17.1 Å². The Morgan fingerprint density at radius 3 is 2.84 bits per heavy atom. The second kappa shape index (κ2) is 5.56. The fourth-order valence-electron chi connectivity index (χ4n) is 4.14. The molecule has 3 heterocycles. The summed E-state index contributed by atoms with van der Waals surface area (Å²) in [6.07, 6.45) is 2.87. The number of benzene rings is 1. The van der Waals surface area contributed by atoms with Gasteiger partial charge < -0.3 is 19.7 Å². The Balaban J connectivity index is 2.00. The predicted octanol–water partition coefficient (Wildman–Crippen LogP) is 1.92. The molecule has 0 bridgehead atoms. The van der Waals surface area contributed by atoms with Gasteiger partial charge in [0.15, 0.2) is 0 Å². The molecule has 0 spiro atoms. The molecule has 2 aromatic rings. The molecular formula is C18H19FN2O4. The van der Waals surface area contributed by atoms with E-state index in [1.165, 1.54) is 6.20 Å². The largest absolute Gasteiger partial charge is 0.477 e. The van der Waals surface area contributed by atoms with Crippen molar-refractivity contribution in [2.75, 3.05) is 18.0 Å². The number of pyridine rings is 1. The second-order valence-corrected chi connectivity index (χ2v) is 6.96. The van der Waals surface area contributed by atoms with Crippen molar-refractivity contribution in [2.45, 2.75) is 38.3 Å². The molecule has 2 atom stereocenters. The number of aromatic nitrogens is 1. The van der Waals surface area contributed by atoms with Gasteiger partial charge in [-0.25, -0.2) is 9.18 Å². The maximum absolute atomic E-state index is 14.9. The van der Waals surface area contributed by atoms with E-state index in [4.69, 9.17) is 0 Å². The number of carboxylic acids is 1. The molecule has 1 saturated heterocycles. The van der Waals surface area contributed by atoms with E-state index in [1.54, 1.807) is 4.57 Å². The van der Waals surface area contributed by atoms with Crippen LogP contribution in [0.25, 0.3) is 10.9 Å². The highest BCUT2D eigenvalue weighted by molar-refractivity contribution is 5.96. The van der Waals surface area contributed by atoms with E-state index in [-0.39, 0.29) is 17.0 Å². The Bertz CT molecular complexity index is 952. The number of aliphatic hydroxyl groups is 1. The van der Waals surface area contributed by atoms with Gasteiger partial charge in [0.05, 0.1) is 17.3 Å². The van der Waals surface area contributed by atoms with Gasteiger partial charge in [0.2, 0.25) is 5.43 Å². The minimum absolute atomic E-state index is 0.0635. The molecule has 25 heavy (non-hydrogen) atoms. The first kappa shape index (κ1) is 16.1. The van der Waals surface area contributed by atoms with Crippen molar-refractivity contribution in [1.82, 2.24) is 4.57 Å². The van der Waals surface area contributed by atoms with Gasteiger partial charge in [0.1, 0.15) is 11.4 Å². The van der Waals surface area contributed by atoms with Crippen LogP contribution in [0, 0.1) is 5.82 Å². The zero-order valence-corrected chi connectivity index (χ0v) is 13.8. The van der Waals surface area contributed by atoms with E-state index in [9.17, 15) is 24.2 Å². The van der Waals surface area contributed by atoms with Crippen molar-refractivity contribution >= 4 is 22.6 Å². The average Bonchev–Trinajstić information content (AvgIpc) is 2.87. The number of carbonyl (C=O) groups is 1. The number of β-amino-alcohol motifs (C(OH)–C–C–N with tert-alkyl or cyclic N) is 1. The van der Waals surface area contributed by atoms with Crippen LogP contribution in [0.1, 0.15) is 41.7 Å². The monoisotopic (exact) mass is 346 g/mol. The van der Waals surface area contributed by atoms with Crippen LogP contribution in [0.5, 0.6) is 0 Å². The second-order valence-electron chi connectivity index (χ2n) is 6.96. The molecule has 4 rings (SSSR count). The van der Waals surface area contributed by atoms with Gasteiger partial charge in [0, 0.05) is 36.3 Å². The van der Waals surface area contributed by atoms with Gasteiger partial charge >= 0.3 is 5.97 Å². The Labute approximate surface area is 143 Å². The number of anilines is 1. The number of carboxylic acid groups (broad SMARTS) is 1. The molecule has 2 unspecified atom stereocenters. The van der Waals surface area contributed by atoms with Crippen LogP contribution in [-0.2, 0) is 6.42 Å². The van der Waals surface area contributed by atoms with Gasteiger partial charge in [-0.15, -0.1) is 0 Å². The number of halogens is 1. The minimum Gasteiger partial charge on any atom is -0.477 e. The summed E-state index contributed by atoms with van der Waals surface area (Å²) in [5.74, 6) is -1.84. The molecule has 0 saturated carbocycles. The lowest BCUT2D eigenvalue weighted by molar-refractivity contribution is 0.0694. The molecule has 1 fully saturated rings. The van der Waals surface area contributed by atoms with Crippen molar-refractivity contribution in [3.05, 3.63) is 39.4 Å². The SMILES string of the molecule is CC1Cc2c(N3CCCC(O)C3)c(F)cc3c(=O)c(C(=O)O)cn1c23. The highest BCUT2D eigenvalue weighted by Crippen LogP contribution is 2.40. The van der Waals surface area contributed by atoms with Crippen LogP contribution >= 0.6 is 0 Å². The number of aliphatic hydroxyl groups excluding tert-OH is 1. The lowest BCUT2D eigenvalue weighted by atomic mass is 10.0. The summed E-state index contributed by atoms with van der Waals surface area (Å²) in [5, 5.41) is 19.3. The Morgan fingerprint density at radius 1 is 1.40 bits per heavy atom. The van der Waals surface area contributed by atoms with Gasteiger partial charge in [0.25, 0.3) is 0 Å². The first-order valence-electron chi connectivity index (χ1n) is 8.45. The highest BCUT2D eigenvalue weighted by Gasteiger charge is 2.32. The van der Waals surface area contributed by atoms with Crippen LogP contribution in [0.2, 0.25) is 0 Å². The summed E-state index contributed by atoms with van der Waals surface area (Å²) in [5.41, 5.74) is 0.780. The van der Waals surface area contributed by atoms with E-state index >= 15 is 0 Å². The van der Waals surface area contributed by atoms with Crippen molar-refractivity contribution < 1.29 is 19.4 Å². The van der Waals surface area contributed by atoms with E-state index in [2.05, 4.69) is 0 Å². The van der Waals surface area contributed by atoms with Crippen LogP contribution < -0.4 is 10.3 Å². The summed E-state index contributed by atoms with van der Waals surface area (Å²) in [7, 11) is 0. The molecule has 0 radical (unpaired) electrons. The highest BCUT2D eigenvalue weighted by atomic mass is 19.1. The number of nitrogens with zero attached hydrogens (tertiary/aromatic N) is 2. The summed E-state index contributed by atoms with van der Waals surface area (Å²) in [6, 6.07) is 1.09. The molecule has 0 aliphatic carbocycles. The van der Waals surface area contributed by atoms with E-state index in [0.29, 0.717) is 37.1 Å². The summed E-state index contributed by atoms with van der Waals surface area (Å²) in [6.45, 7) is 2.93. The lowest BCUT2D eigenvalue weighted by Gasteiger charge is -2.33. The maximum Gasteiger partial charge on any atom is 0.341 e. The Morgan fingerprint density at radius 2 is 2.16 bits per heavy atom. The van der Waals surface area contributed by atoms with Crippen LogP contribution in [0.3, 0.4) is 0 Å². The van der Waals surface area contributed by atoms with Gasteiger partial charge in [-0.1, -0.05) is 0 Å². The standard InChI is InChI=1S/C18H19FN2O4/c1-9-5-11-15-12(17(23)13(18(24)25)8-21(9)15)6-14(19)16(11)20-4-2-3-10(22)7-20/h6,8-10,22H,2-5,7H2,1H3,(H,24,25). The first-order valence-corrected chi connectivity index (χ1v) is 8.45. The molecule has 2 aliphatic heterocycles. The van der Waals surface area contributed by atoms with Crippen molar-refractivity contribution in [3.8, 4) is 0 Å². The van der Waals surface area contributed by atoms with E-state index in [1.807, 2.05) is 11.8 Å². The normalized spacial score (nSPS) is 22.6. The predicted molar refractivity (Wildman–Crippen MR) is 91.0 cm³/mol. The third-order valence-electron chi connectivity index (χ3n) is 5.26. The quantitative estimate of drug-likeness (QED) is 0.868. The van der Waals surface area contributed by atoms with Crippen molar-refractivity contribution in [3.63, 3.8) is 0 Å². The van der Waals surface area contributed by atoms with Crippen LogP contribution in [0.4, 0.5) is 10.1 Å². The molecule has 2 aliphatic rings. The molecule has 1 aromatic carbocycles. The molecule has 6 nitrogen and oxygen atoms in total. The lowest BCUT2D eigenvalue weighted by Crippen LogP contribution is -2.39. The third-order valence-corrected chi connectivity index (χ3v) is 5.26. The van der Waals surface area contributed by atoms with Gasteiger partial charge in [-0.2, -0.15) is 0 Å². The zero-order chi connectivity index (χ0) is 17.9. The fourth-order valence-corrected chi connectivity index (χ4v) is 4.14. The molecule has 7 heteroatoms. The Hall–Kier alpha value is -2.41. The summed E-state index contributed by atoms with van der Waals surface area (Å²) in [4.78, 5) is 25.7. The number of rotatable bonds is 2. The minimum atomic E-state index is -1.31. The average molecular weight is 346 g/mol. The number of piperidine rings is 1. The first-order chi connectivity index (χ1) is 11.9. The Kier molecular flexibility index (Phi) is 3.57. The van der Waals surface area contributed by atoms with Crippen molar-refractivity contribution in [1.29, 1.82) is 0 Å². The molecule has 0 amide bonds. The summed E-state index contributed by atoms with van der Waals surface area (Å²) < 4.78 is 16.7. The van der Waals surface area contributed by atoms with Gasteiger partial charge in [-0.05, 0) is 32.3 Å². The van der Waals surface area contributed by atoms with Crippen molar-refractivity contribution in [2.24, 2.45) is 0 Å².